The normalized spacial score (nSPS) is 16.8. The lowest BCUT2D eigenvalue weighted by atomic mass is 9.99. The summed E-state index contributed by atoms with van der Waals surface area (Å²) in [4.78, 5) is 12.0. The standard InChI is InChI=1S/C16H20N2O/c1-13-5-4-6-14(11-13)7-8-15(19)18-16(12-17)9-2-3-10-16/h4-6,11H,2-3,7-10H2,1H3,(H,18,19). The van der Waals surface area contributed by atoms with E-state index >= 15 is 0 Å². The topological polar surface area (TPSA) is 52.9 Å². The first-order valence-electron chi connectivity index (χ1n) is 6.91. The fourth-order valence-electron chi connectivity index (χ4n) is 2.70. The van der Waals surface area contributed by atoms with Gasteiger partial charge >= 0.3 is 0 Å². The molecule has 0 saturated heterocycles. The van der Waals surface area contributed by atoms with Gasteiger partial charge in [-0.05, 0) is 44.6 Å². The molecule has 0 aliphatic heterocycles. The average molecular weight is 256 g/mol. The monoisotopic (exact) mass is 256 g/mol. The van der Waals surface area contributed by atoms with Gasteiger partial charge in [0.05, 0.1) is 6.07 Å². The number of hydrogen-bond donors (Lipinski definition) is 1. The minimum absolute atomic E-state index is 0.00930. The number of amides is 1. The molecule has 0 radical (unpaired) electrons. The highest BCUT2D eigenvalue weighted by atomic mass is 16.1. The SMILES string of the molecule is Cc1cccc(CCC(=O)NC2(C#N)CCCC2)c1. The molecule has 1 saturated carbocycles. The Morgan fingerprint density at radius 3 is 2.79 bits per heavy atom. The highest BCUT2D eigenvalue weighted by molar-refractivity contribution is 5.77. The van der Waals surface area contributed by atoms with Crippen LogP contribution in [0.15, 0.2) is 24.3 Å². The van der Waals surface area contributed by atoms with E-state index in [-0.39, 0.29) is 5.91 Å². The van der Waals surface area contributed by atoms with Gasteiger partial charge in [0.2, 0.25) is 5.91 Å². The van der Waals surface area contributed by atoms with E-state index in [0.717, 1.165) is 32.1 Å². The van der Waals surface area contributed by atoms with Gasteiger partial charge in [-0.2, -0.15) is 5.26 Å². The Labute approximate surface area is 114 Å². The first kappa shape index (κ1) is 13.6. The number of nitrogens with one attached hydrogen (secondary N) is 1. The van der Waals surface area contributed by atoms with Gasteiger partial charge in [0.25, 0.3) is 0 Å². The molecule has 2 rings (SSSR count). The second-order valence-corrected chi connectivity index (χ2v) is 5.44. The van der Waals surface area contributed by atoms with E-state index in [9.17, 15) is 10.1 Å². The summed E-state index contributed by atoms with van der Waals surface area (Å²) in [6.45, 7) is 2.05. The molecule has 3 heteroatoms. The van der Waals surface area contributed by atoms with Crippen molar-refractivity contribution >= 4 is 5.91 Å². The van der Waals surface area contributed by atoms with Crippen LogP contribution in [-0.2, 0) is 11.2 Å². The molecule has 0 aromatic heterocycles. The highest BCUT2D eigenvalue weighted by Crippen LogP contribution is 2.28. The zero-order valence-electron chi connectivity index (χ0n) is 11.4. The van der Waals surface area contributed by atoms with Crippen molar-refractivity contribution in [2.24, 2.45) is 0 Å². The lowest BCUT2D eigenvalue weighted by molar-refractivity contribution is -0.122. The van der Waals surface area contributed by atoms with Crippen molar-refractivity contribution in [2.75, 3.05) is 0 Å². The summed E-state index contributed by atoms with van der Waals surface area (Å²) < 4.78 is 0. The van der Waals surface area contributed by atoms with E-state index in [1.165, 1.54) is 11.1 Å². The minimum atomic E-state index is -0.594. The number of nitrogens with zero attached hydrogens (tertiary/aromatic N) is 1. The van der Waals surface area contributed by atoms with Crippen LogP contribution in [-0.4, -0.2) is 11.4 Å². The van der Waals surface area contributed by atoms with Crippen LogP contribution in [0, 0.1) is 18.3 Å². The molecule has 0 bridgehead atoms. The average Bonchev–Trinajstić information content (AvgIpc) is 2.86. The van der Waals surface area contributed by atoms with Crippen molar-refractivity contribution in [2.45, 2.75) is 51.0 Å². The molecule has 100 valence electrons. The Hall–Kier alpha value is -1.82. The van der Waals surface area contributed by atoms with Crippen molar-refractivity contribution in [3.8, 4) is 6.07 Å². The van der Waals surface area contributed by atoms with Crippen molar-refractivity contribution in [1.82, 2.24) is 5.32 Å². The third-order valence-electron chi connectivity index (χ3n) is 3.77. The van der Waals surface area contributed by atoms with E-state index < -0.39 is 5.54 Å². The molecule has 1 amide bonds. The van der Waals surface area contributed by atoms with Crippen LogP contribution in [0.4, 0.5) is 0 Å². The van der Waals surface area contributed by atoms with E-state index in [4.69, 9.17) is 0 Å². The second kappa shape index (κ2) is 5.88. The third-order valence-corrected chi connectivity index (χ3v) is 3.77. The molecule has 1 fully saturated rings. The van der Waals surface area contributed by atoms with Crippen molar-refractivity contribution < 1.29 is 4.79 Å². The molecule has 1 aromatic rings. The van der Waals surface area contributed by atoms with Crippen LogP contribution < -0.4 is 5.32 Å². The Kier molecular flexibility index (Phi) is 4.21. The van der Waals surface area contributed by atoms with Gasteiger partial charge in [-0.1, -0.05) is 29.8 Å². The summed E-state index contributed by atoms with van der Waals surface area (Å²) in [6.07, 6.45) is 4.83. The van der Waals surface area contributed by atoms with Crippen molar-refractivity contribution in [3.63, 3.8) is 0 Å². The highest BCUT2D eigenvalue weighted by Gasteiger charge is 2.35. The maximum atomic E-state index is 12.0. The van der Waals surface area contributed by atoms with Gasteiger partial charge in [0, 0.05) is 6.42 Å². The lowest BCUT2D eigenvalue weighted by Gasteiger charge is -2.21. The van der Waals surface area contributed by atoms with Crippen molar-refractivity contribution in [3.05, 3.63) is 35.4 Å². The predicted molar refractivity (Wildman–Crippen MR) is 74.5 cm³/mol. The molecule has 0 heterocycles. The van der Waals surface area contributed by atoms with Crippen molar-refractivity contribution in [1.29, 1.82) is 5.26 Å². The van der Waals surface area contributed by atoms with E-state index in [1.54, 1.807) is 0 Å². The number of rotatable bonds is 4. The number of carbonyl (C=O) groups is 1. The van der Waals surface area contributed by atoms with Crippen LogP contribution in [0.25, 0.3) is 0 Å². The molecule has 1 aliphatic carbocycles. The summed E-state index contributed by atoms with van der Waals surface area (Å²) in [7, 11) is 0. The molecule has 19 heavy (non-hydrogen) atoms. The van der Waals surface area contributed by atoms with Crippen LogP contribution in [0.3, 0.4) is 0 Å². The summed E-state index contributed by atoms with van der Waals surface area (Å²) in [6, 6.07) is 10.5. The number of aryl methyl sites for hydroxylation is 2. The fourth-order valence-corrected chi connectivity index (χ4v) is 2.70. The van der Waals surface area contributed by atoms with E-state index in [2.05, 4.69) is 17.5 Å². The number of benzene rings is 1. The van der Waals surface area contributed by atoms with Crippen LogP contribution in [0.5, 0.6) is 0 Å². The molecule has 1 aromatic carbocycles. The number of nitriles is 1. The summed E-state index contributed by atoms with van der Waals surface area (Å²) in [5, 5.41) is 12.1. The molecule has 1 aliphatic rings. The van der Waals surface area contributed by atoms with Gasteiger partial charge in [0.1, 0.15) is 5.54 Å². The molecular formula is C16H20N2O. The molecule has 0 atom stereocenters. The van der Waals surface area contributed by atoms with Gasteiger partial charge in [-0.15, -0.1) is 0 Å². The Bertz CT molecular complexity index is 496. The summed E-state index contributed by atoms with van der Waals surface area (Å²) in [5.41, 5.74) is 1.79. The van der Waals surface area contributed by atoms with E-state index in [0.29, 0.717) is 6.42 Å². The predicted octanol–water partition coefficient (Wildman–Crippen LogP) is 2.88. The first-order chi connectivity index (χ1) is 9.13. The van der Waals surface area contributed by atoms with Crippen LogP contribution in [0.1, 0.15) is 43.2 Å². The van der Waals surface area contributed by atoms with Crippen LogP contribution in [0.2, 0.25) is 0 Å². The Balaban J connectivity index is 1.87. The largest absolute Gasteiger partial charge is 0.338 e. The minimum Gasteiger partial charge on any atom is -0.338 e. The maximum absolute atomic E-state index is 12.0. The quantitative estimate of drug-likeness (QED) is 0.900. The third kappa shape index (κ3) is 3.57. The fraction of sp³-hybridized carbons (Fsp3) is 0.500. The Morgan fingerprint density at radius 2 is 2.16 bits per heavy atom. The molecule has 0 unspecified atom stereocenters. The zero-order valence-corrected chi connectivity index (χ0v) is 11.4. The Morgan fingerprint density at radius 1 is 1.42 bits per heavy atom. The van der Waals surface area contributed by atoms with Gasteiger partial charge in [0.15, 0.2) is 0 Å². The second-order valence-electron chi connectivity index (χ2n) is 5.44. The summed E-state index contributed by atoms with van der Waals surface area (Å²) in [5.74, 6) is -0.00930. The lowest BCUT2D eigenvalue weighted by Crippen LogP contribution is -2.45. The maximum Gasteiger partial charge on any atom is 0.221 e. The summed E-state index contributed by atoms with van der Waals surface area (Å²) >= 11 is 0. The molecule has 0 spiro atoms. The van der Waals surface area contributed by atoms with E-state index in [1.807, 2.05) is 25.1 Å². The number of hydrogen-bond acceptors (Lipinski definition) is 2. The van der Waals surface area contributed by atoms with Gasteiger partial charge < -0.3 is 5.32 Å². The molecular weight excluding hydrogens is 236 g/mol. The zero-order chi connectivity index (χ0) is 13.7. The first-order valence-corrected chi connectivity index (χ1v) is 6.91. The smallest absolute Gasteiger partial charge is 0.221 e. The van der Waals surface area contributed by atoms with Gasteiger partial charge in [-0.25, -0.2) is 0 Å². The van der Waals surface area contributed by atoms with Gasteiger partial charge in [-0.3, -0.25) is 4.79 Å². The molecule has 1 N–H and O–H groups in total. The molecule has 3 nitrogen and oxygen atoms in total. The number of carbonyl (C=O) groups excluding carboxylic acids is 1. The van der Waals surface area contributed by atoms with Crippen LogP contribution >= 0.6 is 0 Å².